The van der Waals surface area contributed by atoms with E-state index in [4.69, 9.17) is 16.3 Å². The highest BCUT2D eigenvalue weighted by Gasteiger charge is 2.34. The Kier molecular flexibility index (Phi) is 6.06. The van der Waals surface area contributed by atoms with Gasteiger partial charge in [-0.2, -0.15) is 0 Å². The highest BCUT2D eigenvalue weighted by atomic mass is 127. The summed E-state index contributed by atoms with van der Waals surface area (Å²) < 4.78 is 6.98. The number of carbonyl (C=O) groups is 2. The molecular formula is C23H16ClIN2O3. The molecule has 3 aromatic carbocycles. The van der Waals surface area contributed by atoms with Crippen molar-refractivity contribution < 1.29 is 14.3 Å². The Balaban J connectivity index is 1.44. The van der Waals surface area contributed by atoms with Gasteiger partial charge in [0.15, 0.2) is 0 Å². The summed E-state index contributed by atoms with van der Waals surface area (Å²) in [5.74, 6) is 0.307. The predicted molar refractivity (Wildman–Crippen MR) is 125 cm³/mol. The van der Waals surface area contributed by atoms with Crippen LogP contribution in [-0.2, 0) is 11.4 Å². The van der Waals surface area contributed by atoms with E-state index in [1.807, 2.05) is 48.5 Å². The quantitative estimate of drug-likeness (QED) is 0.265. The molecule has 0 saturated carbocycles. The number of ether oxygens (including phenoxy) is 1. The number of benzene rings is 3. The second-order valence-electron chi connectivity index (χ2n) is 6.59. The van der Waals surface area contributed by atoms with Crippen molar-refractivity contribution in [1.29, 1.82) is 0 Å². The topological polar surface area (TPSA) is 58.6 Å². The second kappa shape index (κ2) is 8.89. The second-order valence-corrected chi connectivity index (χ2v) is 8.27. The van der Waals surface area contributed by atoms with Gasteiger partial charge in [-0.05, 0) is 88.3 Å². The fourth-order valence-electron chi connectivity index (χ4n) is 2.93. The molecule has 30 heavy (non-hydrogen) atoms. The van der Waals surface area contributed by atoms with Gasteiger partial charge in [-0.1, -0.05) is 35.9 Å². The molecule has 1 aliphatic heterocycles. The molecule has 5 nitrogen and oxygen atoms in total. The molecule has 0 aliphatic carbocycles. The Hall–Kier alpha value is -2.84. The van der Waals surface area contributed by atoms with E-state index in [1.54, 1.807) is 30.3 Å². The standard InChI is InChI=1S/C23H16ClIN2O3/c24-17-5-9-19(10-6-17)27-22(28)21(26-23(27)29)13-15-3-11-20(12-4-15)30-14-16-1-7-18(25)8-2-16/h1-13H,14H2,(H,26,29)/b21-13+. The van der Waals surface area contributed by atoms with Gasteiger partial charge >= 0.3 is 6.03 Å². The molecule has 0 spiro atoms. The molecule has 150 valence electrons. The molecule has 3 aromatic rings. The number of hydrogen-bond acceptors (Lipinski definition) is 3. The number of hydrogen-bond donors (Lipinski definition) is 1. The molecule has 3 amide bonds. The van der Waals surface area contributed by atoms with E-state index >= 15 is 0 Å². The molecule has 1 heterocycles. The van der Waals surface area contributed by atoms with Crippen LogP contribution < -0.4 is 15.0 Å². The van der Waals surface area contributed by atoms with Crippen LogP contribution in [0, 0.1) is 3.57 Å². The fraction of sp³-hybridized carbons (Fsp3) is 0.0435. The lowest BCUT2D eigenvalue weighted by atomic mass is 10.2. The lowest BCUT2D eigenvalue weighted by molar-refractivity contribution is -0.113. The molecule has 1 fully saturated rings. The molecule has 0 aromatic heterocycles. The van der Waals surface area contributed by atoms with Gasteiger partial charge in [0.1, 0.15) is 18.1 Å². The van der Waals surface area contributed by atoms with Crippen LogP contribution in [0.2, 0.25) is 5.02 Å². The van der Waals surface area contributed by atoms with Crippen LogP contribution in [0.25, 0.3) is 6.08 Å². The van der Waals surface area contributed by atoms with Crippen molar-refractivity contribution >= 4 is 57.9 Å². The van der Waals surface area contributed by atoms with Gasteiger partial charge in [-0.3, -0.25) is 4.79 Å². The summed E-state index contributed by atoms with van der Waals surface area (Å²) in [7, 11) is 0. The van der Waals surface area contributed by atoms with Crippen molar-refractivity contribution in [3.05, 3.63) is 98.2 Å². The third kappa shape index (κ3) is 4.66. The minimum Gasteiger partial charge on any atom is -0.489 e. The average Bonchev–Trinajstić information content (AvgIpc) is 3.02. The highest BCUT2D eigenvalue weighted by molar-refractivity contribution is 14.1. The summed E-state index contributed by atoms with van der Waals surface area (Å²) in [5, 5.41) is 3.15. The normalized spacial score (nSPS) is 14.9. The Labute approximate surface area is 192 Å². The SMILES string of the molecule is O=C1N/C(=C/c2ccc(OCc3ccc(I)cc3)cc2)C(=O)N1c1ccc(Cl)cc1. The Morgan fingerprint density at radius 2 is 1.60 bits per heavy atom. The molecule has 7 heteroatoms. The van der Waals surface area contributed by atoms with Crippen LogP contribution in [0.5, 0.6) is 5.75 Å². The molecule has 1 aliphatic rings. The van der Waals surface area contributed by atoms with Crippen LogP contribution in [0.3, 0.4) is 0 Å². The number of imide groups is 1. The van der Waals surface area contributed by atoms with E-state index in [0.29, 0.717) is 17.3 Å². The van der Waals surface area contributed by atoms with Gasteiger partial charge in [0.05, 0.1) is 5.69 Å². The summed E-state index contributed by atoms with van der Waals surface area (Å²) in [5.41, 5.74) is 2.54. The number of nitrogens with zero attached hydrogens (tertiary/aromatic N) is 1. The maximum absolute atomic E-state index is 12.7. The van der Waals surface area contributed by atoms with Crippen molar-refractivity contribution in [2.24, 2.45) is 0 Å². The fourth-order valence-corrected chi connectivity index (χ4v) is 3.42. The summed E-state index contributed by atoms with van der Waals surface area (Å²) in [4.78, 5) is 26.0. The molecule has 1 saturated heterocycles. The van der Waals surface area contributed by atoms with Gasteiger partial charge in [0.25, 0.3) is 5.91 Å². The number of carbonyl (C=O) groups excluding carboxylic acids is 2. The number of rotatable bonds is 5. The summed E-state index contributed by atoms with van der Waals surface area (Å²) in [6.07, 6.45) is 1.64. The van der Waals surface area contributed by atoms with Crippen molar-refractivity contribution in [2.75, 3.05) is 4.90 Å². The van der Waals surface area contributed by atoms with Crippen LogP contribution in [0.4, 0.5) is 10.5 Å². The summed E-state index contributed by atoms with van der Waals surface area (Å²) in [6, 6.07) is 21.5. The van der Waals surface area contributed by atoms with Crippen LogP contribution in [0.15, 0.2) is 78.5 Å². The van der Waals surface area contributed by atoms with E-state index < -0.39 is 11.9 Å². The smallest absolute Gasteiger partial charge is 0.333 e. The Morgan fingerprint density at radius 3 is 2.27 bits per heavy atom. The minimum atomic E-state index is -0.494. The van der Waals surface area contributed by atoms with Gasteiger partial charge in [-0.15, -0.1) is 0 Å². The highest BCUT2D eigenvalue weighted by Crippen LogP contribution is 2.24. The van der Waals surface area contributed by atoms with E-state index in [0.717, 1.165) is 21.8 Å². The lowest BCUT2D eigenvalue weighted by Gasteiger charge is -2.11. The van der Waals surface area contributed by atoms with Gasteiger partial charge in [0, 0.05) is 8.59 Å². The maximum Gasteiger partial charge on any atom is 0.333 e. The van der Waals surface area contributed by atoms with Gasteiger partial charge < -0.3 is 10.1 Å². The molecule has 0 radical (unpaired) electrons. The van der Waals surface area contributed by atoms with Gasteiger partial charge in [-0.25, -0.2) is 9.69 Å². The summed E-state index contributed by atoms with van der Waals surface area (Å²) >= 11 is 8.14. The number of urea groups is 1. The Morgan fingerprint density at radius 1 is 0.933 bits per heavy atom. The maximum atomic E-state index is 12.7. The zero-order valence-electron chi connectivity index (χ0n) is 15.6. The van der Waals surface area contributed by atoms with Crippen molar-refractivity contribution in [2.45, 2.75) is 6.61 Å². The average molecular weight is 531 g/mol. The van der Waals surface area contributed by atoms with Crippen LogP contribution >= 0.6 is 34.2 Å². The third-order valence-corrected chi connectivity index (χ3v) is 5.44. The summed E-state index contributed by atoms with van der Waals surface area (Å²) in [6.45, 7) is 0.474. The first kappa shape index (κ1) is 20.4. The number of amides is 3. The first-order valence-electron chi connectivity index (χ1n) is 9.09. The number of anilines is 1. The molecular weight excluding hydrogens is 515 g/mol. The minimum absolute atomic E-state index is 0.211. The van der Waals surface area contributed by atoms with E-state index in [1.165, 1.54) is 3.57 Å². The van der Waals surface area contributed by atoms with E-state index in [9.17, 15) is 9.59 Å². The number of nitrogens with one attached hydrogen (secondary N) is 1. The molecule has 0 unspecified atom stereocenters. The monoisotopic (exact) mass is 530 g/mol. The zero-order valence-corrected chi connectivity index (χ0v) is 18.6. The predicted octanol–water partition coefficient (Wildman–Crippen LogP) is 5.62. The van der Waals surface area contributed by atoms with Crippen molar-refractivity contribution in [3.63, 3.8) is 0 Å². The van der Waals surface area contributed by atoms with Gasteiger partial charge in [0.2, 0.25) is 0 Å². The molecule has 4 rings (SSSR count). The first-order valence-corrected chi connectivity index (χ1v) is 10.6. The third-order valence-electron chi connectivity index (χ3n) is 4.47. The van der Waals surface area contributed by atoms with Crippen molar-refractivity contribution in [1.82, 2.24) is 5.32 Å². The zero-order chi connectivity index (χ0) is 21.1. The van der Waals surface area contributed by atoms with Crippen LogP contribution in [0.1, 0.15) is 11.1 Å². The molecule has 0 bridgehead atoms. The molecule has 0 atom stereocenters. The lowest BCUT2D eigenvalue weighted by Crippen LogP contribution is -2.30. The van der Waals surface area contributed by atoms with E-state index in [2.05, 4.69) is 27.9 Å². The van der Waals surface area contributed by atoms with Crippen molar-refractivity contribution in [3.8, 4) is 5.75 Å². The Bertz CT molecular complexity index is 1110. The molecule has 1 N–H and O–H groups in total. The first-order chi connectivity index (χ1) is 14.5. The van der Waals surface area contributed by atoms with E-state index in [-0.39, 0.29) is 5.70 Å². The van der Waals surface area contributed by atoms with Crippen LogP contribution in [-0.4, -0.2) is 11.9 Å². The largest absolute Gasteiger partial charge is 0.489 e. The number of halogens is 2.